The van der Waals surface area contributed by atoms with Gasteiger partial charge in [0.15, 0.2) is 0 Å². The van der Waals surface area contributed by atoms with Crippen molar-refractivity contribution in [1.29, 1.82) is 0 Å². The minimum absolute atomic E-state index is 0.0420. The molecule has 0 heterocycles. The Bertz CT molecular complexity index is 2080. The van der Waals surface area contributed by atoms with Crippen LogP contribution in [-0.2, 0) is 64.0 Å². The molecular weight excluding hydrogens is 951 g/mol. The highest BCUT2D eigenvalue weighted by Gasteiger charge is 2.35. The van der Waals surface area contributed by atoms with Crippen molar-refractivity contribution in [3.8, 4) is 5.75 Å². The van der Waals surface area contributed by atoms with E-state index in [-0.39, 0.29) is 30.3 Å². The van der Waals surface area contributed by atoms with E-state index in [9.17, 15) is 62.6 Å². The number of thiol groups is 1. The number of benzene rings is 1. The molecule has 18 N–H and O–H groups in total. The molecule has 396 valence electrons. The van der Waals surface area contributed by atoms with Crippen LogP contribution in [0.2, 0.25) is 0 Å². The van der Waals surface area contributed by atoms with Crippen LogP contribution in [0.4, 0.5) is 0 Å². The van der Waals surface area contributed by atoms with Gasteiger partial charge in [0.1, 0.15) is 54.1 Å². The van der Waals surface area contributed by atoms with Crippen molar-refractivity contribution in [1.82, 2.24) is 47.9 Å². The third-order valence-corrected chi connectivity index (χ3v) is 11.0. The highest BCUT2D eigenvalue weighted by atomic mass is 32.1. The molecule has 0 aliphatic heterocycles. The van der Waals surface area contributed by atoms with E-state index in [1.165, 1.54) is 45.0 Å². The first-order valence-electron chi connectivity index (χ1n) is 22.8. The predicted octanol–water partition coefficient (Wildman–Crippen LogP) is -5.04. The number of hydrogen-bond donors (Lipinski definition) is 15. The first-order chi connectivity index (χ1) is 33.1. The van der Waals surface area contributed by atoms with Crippen LogP contribution >= 0.6 is 12.6 Å². The Morgan fingerprint density at radius 1 is 0.549 bits per heavy atom. The Hall–Kier alpha value is -7.03. The van der Waals surface area contributed by atoms with Gasteiger partial charge in [-0.3, -0.25) is 57.5 Å². The number of rotatable bonds is 31. The van der Waals surface area contributed by atoms with Crippen molar-refractivity contribution in [2.75, 3.05) is 12.3 Å². The van der Waals surface area contributed by atoms with Crippen molar-refractivity contribution < 1.29 is 62.6 Å². The highest BCUT2D eigenvalue weighted by Crippen LogP contribution is 2.14. The number of nitrogens with two attached hydrogens (primary N) is 4. The van der Waals surface area contributed by atoms with Crippen LogP contribution in [-0.4, -0.2) is 143 Å². The Kier molecular flexibility index (Phi) is 26.7. The number of nitrogens with one attached hydrogen (secondary N) is 9. The van der Waals surface area contributed by atoms with Crippen molar-refractivity contribution in [3.63, 3.8) is 0 Å². The number of phenolic OH excluding ortho intramolecular Hbond substituents is 1. The quantitative estimate of drug-likeness (QED) is 0.0310. The van der Waals surface area contributed by atoms with Crippen molar-refractivity contribution in [2.24, 2.45) is 34.8 Å². The second-order valence-electron chi connectivity index (χ2n) is 17.5. The third-order valence-electron chi connectivity index (χ3n) is 10.7. The van der Waals surface area contributed by atoms with Crippen LogP contribution in [0.25, 0.3) is 0 Å². The van der Waals surface area contributed by atoms with E-state index in [1.54, 1.807) is 27.7 Å². The molecule has 27 heteroatoms. The Balaban J connectivity index is 3.24. The predicted molar refractivity (Wildman–Crippen MR) is 259 cm³/mol. The fourth-order valence-electron chi connectivity index (χ4n) is 6.38. The van der Waals surface area contributed by atoms with Gasteiger partial charge >= 0.3 is 0 Å². The van der Waals surface area contributed by atoms with E-state index < -0.39 is 157 Å². The molecule has 26 nitrogen and oxygen atoms in total. The normalized spacial score (nSPS) is 15.2. The molecule has 71 heavy (non-hydrogen) atoms. The van der Waals surface area contributed by atoms with Crippen molar-refractivity contribution in [2.45, 2.75) is 141 Å². The number of hydrogen-bond acceptors (Lipinski definition) is 15. The summed E-state index contributed by atoms with van der Waals surface area (Å²) in [5.41, 5.74) is 22.1. The molecule has 10 atom stereocenters. The minimum Gasteiger partial charge on any atom is -0.508 e. The topological polar surface area (TPSA) is 437 Å². The summed E-state index contributed by atoms with van der Waals surface area (Å²) < 4.78 is 0. The molecule has 0 unspecified atom stereocenters. The van der Waals surface area contributed by atoms with E-state index in [0.29, 0.717) is 12.0 Å². The Morgan fingerprint density at radius 3 is 1.54 bits per heavy atom. The second-order valence-corrected chi connectivity index (χ2v) is 17.8. The smallest absolute Gasteiger partial charge is 0.243 e. The summed E-state index contributed by atoms with van der Waals surface area (Å²) in [7, 11) is 0. The van der Waals surface area contributed by atoms with Crippen LogP contribution in [0.15, 0.2) is 24.3 Å². The summed E-state index contributed by atoms with van der Waals surface area (Å²) in [6.45, 7) is 10.3. The number of carbonyl (C=O) groups is 12. The van der Waals surface area contributed by atoms with Crippen LogP contribution in [0.1, 0.15) is 86.1 Å². The lowest BCUT2D eigenvalue weighted by Crippen LogP contribution is -2.61. The van der Waals surface area contributed by atoms with Gasteiger partial charge in [0, 0.05) is 18.6 Å². The van der Waals surface area contributed by atoms with Crippen LogP contribution in [0.3, 0.4) is 0 Å². The number of primary amides is 3. The standard InChI is InChI=1S/C44H71N13O13S/c1-8-21(4)35(57-43(69)29(53-36(62)22(5)45)16-25-9-11-26(58)12-10-25)44(70)52-27(13-14-32(46)59)40(66)55-30(17-33(47)60)41(67)51-23(6)37(63)50-24(7)38(64)54-28(15-20(2)3)42(68)56-31(19-71)39(65)49-18-34(48)61/h9-12,20-24,27-31,35,58,71H,8,13-19,45H2,1-7H3,(H2,46,59)(H2,47,60)(H2,48,61)(H,49,65)(H,50,63)(H,51,67)(H,52,70)(H,53,62)(H,54,64)(H,55,66)(H,56,68)(H,57,69)/t21-,22-,23-,24-,27-,28-,29-,30-,31-,35-/m0/s1. The van der Waals surface area contributed by atoms with E-state index in [2.05, 4.69) is 60.5 Å². The molecule has 0 saturated heterocycles. The third kappa shape index (κ3) is 23.0. The molecule has 0 aliphatic carbocycles. The summed E-state index contributed by atoms with van der Waals surface area (Å²) in [6.07, 6.45) is -1.36. The molecule has 0 radical (unpaired) electrons. The lowest BCUT2D eigenvalue weighted by atomic mass is 9.96. The maximum Gasteiger partial charge on any atom is 0.243 e. The van der Waals surface area contributed by atoms with E-state index in [0.717, 1.165) is 0 Å². The van der Waals surface area contributed by atoms with Crippen LogP contribution < -0.4 is 70.8 Å². The van der Waals surface area contributed by atoms with Gasteiger partial charge < -0.3 is 75.9 Å². The first-order valence-corrected chi connectivity index (χ1v) is 23.4. The van der Waals surface area contributed by atoms with Gasteiger partial charge in [-0.05, 0) is 63.1 Å². The number of aromatic hydroxyl groups is 1. The average Bonchev–Trinajstić information content (AvgIpc) is 3.29. The zero-order chi connectivity index (χ0) is 54.3. The monoisotopic (exact) mass is 1020 g/mol. The summed E-state index contributed by atoms with van der Waals surface area (Å²) in [6, 6.07) is -6.34. The summed E-state index contributed by atoms with van der Waals surface area (Å²) in [4.78, 5) is 155. The van der Waals surface area contributed by atoms with Gasteiger partial charge in [-0.2, -0.15) is 12.6 Å². The van der Waals surface area contributed by atoms with Gasteiger partial charge in [-0.25, -0.2) is 0 Å². The van der Waals surface area contributed by atoms with Crippen LogP contribution in [0, 0.1) is 11.8 Å². The summed E-state index contributed by atoms with van der Waals surface area (Å²) in [5, 5.41) is 31.6. The number of carbonyl (C=O) groups excluding carboxylic acids is 12. The highest BCUT2D eigenvalue weighted by molar-refractivity contribution is 7.80. The zero-order valence-electron chi connectivity index (χ0n) is 40.9. The lowest BCUT2D eigenvalue weighted by molar-refractivity contribution is -0.137. The maximum absolute atomic E-state index is 14.0. The second kappa shape index (κ2) is 30.5. The van der Waals surface area contributed by atoms with E-state index in [1.807, 2.05) is 0 Å². The number of phenols is 1. The van der Waals surface area contributed by atoms with E-state index in [4.69, 9.17) is 22.9 Å². The van der Waals surface area contributed by atoms with Gasteiger partial charge in [0.05, 0.1) is 19.0 Å². The molecule has 0 bridgehead atoms. The average molecular weight is 1020 g/mol. The molecule has 0 aromatic heterocycles. The minimum atomic E-state index is -1.77. The number of amides is 12. The fraction of sp³-hybridized carbons (Fsp3) is 0.591. The Morgan fingerprint density at radius 2 is 1.03 bits per heavy atom. The first kappa shape index (κ1) is 62.0. The Labute approximate surface area is 416 Å². The molecule has 1 aromatic rings. The van der Waals surface area contributed by atoms with E-state index >= 15 is 0 Å². The van der Waals surface area contributed by atoms with Gasteiger partial charge in [-0.15, -0.1) is 0 Å². The maximum atomic E-state index is 14.0. The molecule has 0 saturated carbocycles. The molecule has 0 aliphatic rings. The van der Waals surface area contributed by atoms with Crippen molar-refractivity contribution >= 4 is 83.5 Å². The SMILES string of the molecule is CC[C@H](C)[C@H](NC(=O)[C@H](Cc1ccc(O)cc1)NC(=O)[C@H](C)N)C(=O)N[C@@H](CCC(N)=O)C(=O)N[C@@H](CC(N)=O)C(=O)N[C@@H](C)C(=O)N[C@@H](C)C(=O)N[C@@H](CC(C)C)C(=O)N[C@@H](CS)C(=O)NCC(N)=O. The van der Waals surface area contributed by atoms with Crippen molar-refractivity contribution in [3.05, 3.63) is 29.8 Å². The lowest BCUT2D eigenvalue weighted by Gasteiger charge is -2.29. The zero-order valence-corrected chi connectivity index (χ0v) is 41.8. The van der Waals surface area contributed by atoms with Crippen LogP contribution in [0.5, 0.6) is 5.75 Å². The molecule has 0 fully saturated rings. The van der Waals surface area contributed by atoms with Gasteiger partial charge in [0.2, 0.25) is 70.9 Å². The summed E-state index contributed by atoms with van der Waals surface area (Å²) >= 11 is 4.07. The largest absolute Gasteiger partial charge is 0.508 e. The molecule has 1 aromatic carbocycles. The molecule has 12 amide bonds. The molecular formula is C44H71N13O13S. The fourth-order valence-corrected chi connectivity index (χ4v) is 6.64. The van der Waals surface area contributed by atoms with Gasteiger partial charge in [0.25, 0.3) is 0 Å². The molecule has 1 rings (SSSR count). The summed E-state index contributed by atoms with van der Waals surface area (Å²) in [5.74, 6) is -11.6. The molecule has 0 spiro atoms. The van der Waals surface area contributed by atoms with Gasteiger partial charge in [-0.1, -0.05) is 46.2 Å².